The monoisotopic (exact) mass is 1720 g/mol. The molecule has 0 aliphatic carbocycles. The Kier molecular flexibility index (Phi) is 29.8. The van der Waals surface area contributed by atoms with Crippen molar-refractivity contribution in [3.8, 4) is 0 Å². The van der Waals surface area contributed by atoms with Gasteiger partial charge in [0.05, 0.1) is 54.5 Å². The summed E-state index contributed by atoms with van der Waals surface area (Å²) < 4.78 is 89.5. The van der Waals surface area contributed by atoms with E-state index in [9.17, 15) is 38.4 Å². The highest BCUT2D eigenvalue weighted by Gasteiger charge is 2.44. The highest BCUT2D eigenvalue weighted by atomic mass is 35.5. The topological polar surface area (TPSA) is 336 Å². The zero-order valence-corrected chi connectivity index (χ0v) is 71.1. The molecule has 0 amide bonds. The maximum absolute atomic E-state index is 12.5. The standard InChI is InChI=1S/C15H19NO2S.C15H19NOS2.C13H18NO12P3S2.C13H15NO3S2.C8H7NOS.C7H13ClO/c1-4-12-9(2)7-14(18-12)16-6-5-13-11(15(16)17)8-10(3)19-13;1-4-12-9(2)7-14(17-12)16-6-5-13-11(15(16)18)8-10(3)19-13;1-7-4-8-11(31-7)2-3-14(13(8)30)12-5-9(15)10(24-12)6-23-28(19,20)26-29(21,22)25-27(16,17)18;1-7-4-8-11(19-7)2-3-14(13(8)18)12-5-9(16)10(6-15)17-12;1-5-4-6-7(11-5)2-3-9-8(6)10;1-3-6-5(2)4-7(8)9-6/h2*5-6,8-9,12,14H,4,7H2,1-3H3;2-4,9-10,12,15H,5-6H2,1H3,(H,19,20)(H,21,22)(H2,16,17,18);2-4,9-10,12,15-16H,5-6H2,1H3;2-4H,1H3,(H,9,10);5-7H,3-4H2,1-2H3/t2*9-,12-,14-;2*9-,10-,12-;;5-,6-,7?/m1111.1/s1. The molecule has 15 rings (SSSR count). The van der Waals surface area contributed by atoms with Gasteiger partial charge in [0, 0.05) is 108 Å². The first-order valence-corrected chi connectivity index (χ1v) is 45.4. The molecule has 0 spiro atoms. The van der Waals surface area contributed by atoms with Crippen LogP contribution in [-0.2, 0) is 50.5 Å². The van der Waals surface area contributed by atoms with Crippen LogP contribution in [0.5, 0.6) is 0 Å². The normalized spacial score (nSPS) is 26.6. The van der Waals surface area contributed by atoms with Gasteiger partial charge in [0.15, 0.2) is 0 Å². The summed E-state index contributed by atoms with van der Waals surface area (Å²) in [6.07, 6.45) is 12.6. The molecule has 0 radical (unpaired) electrons. The fraction of sp³-hybridized carbons (Fsp3) is 0.507. The quantitative estimate of drug-likeness (QED) is 0.0268. The Balaban J connectivity index is 0.000000144. The number of fused-ring (bicyclic) bond motifs is 5. The summed E-state index contributed by atoms with van der Waals surface area (Å²) in [4.78, 5) is 68.0. The highest BCUT2D eigenvalue weighted by molar-refractivity contribution is 7.72. The second kappa shape index (κ2) is 37.2. The summed E-state index contributed by atoms with van der Waals surface area (Å²) in [7, 11) is -16.4. The minimum atomic E-state index is -5.62. The van der Waals surface area contributed by atoms with Crippen LogP contribution in [0.3, 0.4) is 0 Å². The van der Waals surface area contributed by atoms with Crippen LogP contribution in [0.2, 0.25) is 0 Å². The molecular formula is C71H91ClN5O20P3S8. The predicted octanol–water partition coefficient (Wildman–Crippen LogP) is 18.2. The molecule has 5 aliphatic rings. The van der Waals surface area contributed by atoms with Crippen molar-refractivity contribution in [2.45, 2.75) is 201 Å². The maximum atomic E-state index is 12.5. The molecule has 0 saturated carbocycles. The third-order valence-corrected chi connectivity index (χ3v) is 29.4. The lowest BCUT2D eigenvalue weighted by molar-refractivity contribution is -0.0447. The third kappa shape index (κ3) is 21.6. The van der Waals surface area contributed by atoms with Crippen LogP contribution in [0.15, 0.2) is 101 Å². The van der Waals surface area contributed by atoms with Crippen molar-refractivity contribution in [1.29, 1.82) is 0 Å². The lowest BCUT2D eigenvalue weighted by Crippen LogP contribution is -2.26. The first-order valence-electron chi connectivity index (χ1n) is 35.2. The van der Waals surface area contributed by atoms with Crippen molar-refractivity contribution in [1.82, 2.24) is 23.3 Å². The first kappa shape index (κ1) is 86.6. The SMILES string of the molecule is CC[C@H]1OC(Cl)C[C@H]1C.CC[C@H]1O[C@@H](n2ccc3sc(C)cc3c2=O)C[C@H]1C.CC[C@H]1O[C@@H](n2ccc3sc(C)cc3c2=S)C[C@H]1C.Cc1cc2c(=O)[nH]ccc2s1.Cc1cc2c(=S)n([C@H]3C[C@@H](O)[C@@H](CO)O3)ccc2s1.Cc1cc2c(=S)n([C@H]3C[C@@H](O)[C@@H](COP(=O)(O)OP(=O)(O)OP(=O)(O)O)O3)ccc2s1. The maximum Gasteiger partial charge on any atom is 0.490 e. The summed E-state index contributed by atoms with van der Waals surface area (Å²) in [6.45, 7) is 22.4. The van der Waals surface area contributed by atoms with Gasteiger partial charge in [-0.1, -0.05) is 89.8 Å². The minimum Gasteiger partial charge on any atom is -0.394 e. The number of phosphoric ester groups is 1. The van der Waals surface area contributed by atoms with E-state index in [1.165, 1.54) is 29.6 Å². The molecule has 0 aromatic carbocycles. The van der Waals surface area contributed by atoms with Gasteiger partial charge in [-0.3, -0.25) is 18.7 Å². The van der Waals surface area contributed by atoms with Gasteiger partial charge in [0.2, 0.25) is 0 Å². The number of aliphatic hydroxyl groups excluding tert-OH is 3. The number of hydrogen-bond acceptors (Lipinski definition) is 24. The fourth-order valence-corrected chi connectivity index (χ4v) is 22.9. The molecule has 3 unspecified atom stereocenters. The number of H-pyrrole nitrogens is 1. The number of aromatic amines is 1. The van der Waals surface area contributed by atoms with E-state index in [-0.39, 0.29) is 54.5 Å². The second-order valence-electron chi connectivity index (χ2n) is 27.2. The predicted molar refractivity (Wildman–Crippen MR) is 435 cm³/mol. The summed E-state index contributed by atoms with van der Waals surface area (Å²) >= 11 is 30.8. The number of hydrogen-bond donors (Lipinski definition) is 8. The summed E-state index contributed by atoms with van der Waals surface area (Å²) in [5, 5.41) is 33.8. The Morgan fingerprint density at radius 2 is 0.843 bits per heavy atom. The van der Waals surface area contributed by atoms with Crippen LogP contribution in [0.1, 0.15) is 142 Å². The molecule has 8 N–H and O–H groups in total. The Morgan fingerprint density at radius 3 is 1.22 bits per heavy atom. The average Bonchev–Trinajstić information content (AvgIpc) is 1.64. The van der Waals surface area contributed by atoms with Crippen LogP contribution in [0.25, 0.3) is 50.4 Å². The summed E-state index contributed by atoms with van der Waals surface area (Å²) in [5.41, 5.74) is 0.0626. The van der Waals surface area contributed by atoms with E-state index in [0.717, 1.165) is 93.0 Å². The van der Waals surface area contributed by atoms with Crippen LogP contribution in [0, 0.1) is 66.3 Å². The number of ether oxygens (including phenoxy) is 5. The van der Waals surface area contributed by atoms with Gasteiger partial charge in [-0.2, -0.15) is 8.62 Å². The van der Waals surface area contributed by atoms with Gasteiger partial charge in [-0.15, -0.1) is 56.7 Å². The zero-order chi connectivity index (χ0) is 78.6. The molecule has 5 aliphatic heterocycles. The van der Waals surface area contributed by atoms with E-state index in [4.69, 9.17) is 91.7 Å². The molecule has 37 heteroatoms. The van der Waals surface area contributed by atoms with Crippen LogP contribution in [-0.4, -0.2) is 120 Å². The number of alkyl halides is 1. The smallest absolute Gasteiger partial charge is 0.394 e. The lowest BCUT2D eigenvalue weighted by Gasteiger charge is -2.19. The number of thiophene rings is 5. The van der Waals surface area contributed by atoms with Crippen molar-refractivity contribution in [2.24, 2.45) is 17.8 Å². The van der Waals surface area contributed by atoms with Gasteiger partial charge in [0.25, 0.3) is 11.1 Å². The molecule has 0 bridgehead atoms. The molecule has 10 aromatic rings. The van der Waals surface area contributed by atoms with Crippen molar-refractivity contribution in [3.05, 3.63) is 151 Å². The zero-order valence-electron chi connectivity index (χ0n) is 61.1. The molecule has 5 fully saturated rings. The first-order chi connectivity index (χ1) is 51.0. The van der Waals surface area contributed by atoms with Crippen molar-refractivity contribution in [3.63, 3.8) is 0 Å². The Bertz CT molecular complexity index is 4980. The van der Waals surface area contributed by atoms with Crippen LogP contribution in [0.4, 0.5) is 0 Å². The second-order valence-corrected chi connectivity index (χ2v) is 39.7. The third-order valence-electron chi connectivity index (χ3n) is 19.0. The van der Waals surface area contributed by atoms with E-state index in [2.05, 4.69) is 102 Å². The van der Waals surface area contributed by atoms with Crippen molar-refractivity contribution in [2.75, 3.05) is 13.2 Å². The average molecular weight is 1720 g/mol. The number of pyridine rings is 5. The number of aryl methyl sites for hydroxylation is 5. The fourth-order valence-electron chi connectivity index (χ4n) is 13.7. The highest BCUT2D eigenvalue weighted by Crippen LogP contribution is 2.66. The molecule has 17 atom stereocenters. The number of nitrogens with zero attached hydrogens (tertiary/aromatic N) is 4. The Morgan fingerprint density at radius 1 is 0.491 bits per heavy atom. The summed E-state index contributed by atoms with van der Waals surface area (Å²) in [6, 6.07) is 20.1. The van der Waals surface area contributed by atoms with Crippen molar-refractivity contribution < 1.29 is 85.4 Å². The van der Waals surface area contributed by atoms with Gasteiger partial charge < -0.3 is 77.3 Å². The molecule has 15 heterocycles. The number of aromatic nitrogens is 5. The number of phosphoric acid groups is 3. The van der Waals surface area contributed by atoms with E-state index in [1.54, 1.807) is 78.2 Å². The molecule has 25 nitrogen and oxygen atoms in total. The Hall–Kier alpha value is -3.81. The number of rotatable bonds is 15. The number of aliphatic hydroxyl groups is 3. The van der Waals surface area contributed by atoms with Gasteiger partial charge in [0.1, 0.15) is 56.6 Å². The van der Waals surface area contributed by atoms with Crippen molar-refractivity contribution >= 4 is 179 Å². The van der Waals surface area contributed by atoms with Gasteiger partial charge in [-0.05, 0) is 152 Å². The van der Waals surface area contributed by atoms with E-state index in [0.29, 0.717) is 41.0 Å². The largest absolute Gasteiger partial charge is 0.490 e. The Labute approximate surface area is 664 Å². The van der Waals surface area contributed by atoms with Gasteiger partial charge in [-0.25, -0.2) is 13.7 Å². The molecule has 5 saturated heterocycles. The van der Waals surface area contributed by atoms with Crippen LogP contribution >= 0.6 is 128 Å². The number of halogens is 1. The summed E-state index contributed by atoms with van der Waals surface area (Å²) in [5.74, 6) is 1.77. The van der Waals surface area contributed by atoms with Gasteiger partial charge >= 0.3 is 23.5 Å². The van der Waals surface area contributed by atoms with E-state index < -0.39 is 60.7 Å². The van der Waals surface area contributed by atoms with Crippen LogP contribution < -0.4 is 11.1 Å². The molecular weight excluding hydrogens is 1630 g/mol. The molecule has 108 heavy (non-hydrogen) atoms. The van der Waals surface area contributed by atoms with E-state index >= 15 is 0 Å². The number of nitrogens with one attached hydrogen (secondary N) is 1. The van der Waals surface area contributed by atoms with E-state index in [1.807, 2.05) is 80.2 Å². The lowest BCUT2D eigenvalue weighted by atomic mass is 10.0. The molecule has 590 valence electrons. The molecule has 10 aromatic heterocycles. The minimum absolute atomic E-state index is 0.00634.